The second-order valence-corrected chi connectivity index (χ2v) is 6.10. The molecule has 0 radical (unpaired) electrons. The third kappa shape index (κ3) is 3.58. The Morgan fingerprint density at radius 1 is 1.19 bits per heavy atom. The summed E-state index contributed by atoms with van der Waals surface area (Å²) in [6.45, 7) is 4.31. The Kier molecular flexibility index (Phi) is 5.01. The van der Waals surface area contributed by atoms with Crippen LogP contribution in [-0.2, 0) is 0 Å². The zero-order valence-corrected chi connectivity index (χ0v) is 14.7. The van der Waals surface area contributed by atoms with Crippen molar-refractivity contribution in [2.45, 2.75) is 6.92 Å². The molecule has 1 aliphatic rings. The molecular formula is C18H20N4O4. The van der Waals surface area contributed by atoms with Crippen LogP contribution >= 0.6 is 0 Å². The van der Waals surface area contributed by atoms with Gasteiger partial charge in [0.2, 0.25) is 0 Å². The molecule has 1 amide bonds. The van der Waals surface area contributed by atoms with Crippen molar-refractivity contribution in [2.75, 3.05) is 38.2 Å². The summed E-state index contributed by atoms with van der Waals surface area (Å²) < 4.78 is 5.29. The highest BCUT2D eigenvalue weighted by molar-refractivity contribution is 5.95. The Morgan fingerprint density at radius 2 is 1.92 bits per heavy atom. The van der Waals surface area contributed by atoms with E-state index < -0.39 is 4.92 Å². The average molecular weight is 356 g/mol. The van der Waals surface area contributed by atoms with Crippen LogP contribution in [0.2, 0.25) is 0 Å². The van der Waals surface area contributed by atoms with Gasteiger partial charge in [-0.25, -0.2) is 4.98 Å². The molecule has 3 rings (SSSR count). The van der Waals surface area contributed by atoms with E-state index in [2.05, 4.69) is 4.98 Å². The minimum Gasteiger partial charge on any atom is -0.496 e. The number of amides is 1. The van der Waals surface area contributed by atoms with Gasteiger partial charge in [-0.05, 0) is 30.7 Å². The molecular weight excluding hydrogens is 336 g/mol. The molecule has 2 heterocycles. The van der Waals surface area contributed by atoms with Gasteiger partial charge in [0, 0.05) is 37.8 Å². The molecule has 136 valence electrons. The van der Waals surface area contributed by atoms with E-state index in [0.717, 1.165) is 5.56 Å². The van der Waals surface area contributed by atoms with E-state index in [1.54, 1.807) is 24.1 Å². The topological polar surface area (TPSA) is 88.8 Å². The molecule has 0 saturated carbocycles. The predicted octanol–water partition coefficient (Wildman–Crippen LogP) is 2.27. The Bertz CT molecular complexity index is 814. The standard InChI is InChI=1S/C18H20N4O4/c1-13-3-4-14(11-16(13)26-2)18(23)21-9-7-20(8-10-21)17-6-5-15(12-19-17)22(24)25/h3-6,11-12H,7-10H2,1-2H3. The molecule has 26 heavy (non-hydrogen) atoms. The van der Waals surface area contributed by atoms with Gasteiger partial charge in [0.1, 0.15) is 17.8 Å². The number of benzene rings is 1. The van der Waals surface area contributed by atoms with Gasteiger partial charge in [-0.2, -0.15) is 0 Å². The molecule has 0 N–H and O–H groups in total. The number of anilines is 1. The van der Waals surface area contributed by atoms with Gasteiger partial charge in [0.25, 0.3) is 11.6 Å². The number of methoxy groups -OCH3 is 1. The van der Waals surface area contributed by atoms with Crippen LogP contribution in [-0.4, -0.2) is 54.0 Å². The average Bonchev–Trinajstić information content (AvgIpc) is 2.68. The Balaban J connectivity index is 1.64. The highest BCUT2D eigenvalue weighted by Gasteiger charge is 2.23. The first kappa shape index (κ1) is 17.7. The van der Waals surface area contributed by atoms with Gasteiger partial charge >= 0.3 is 0 Å². The van der Waals surface area contributed by atoms with Gasteiger partial charge in [-0.3, -0.25) is 14.9 Å². The molecule has 0 aliphatic carbocycles. The third-order valence-corrected chi connectivity index (χ3v) is 4.49. The molecule has 1 aliphatic heterocycles. The molecule has 0 unspecified atom stereocenters. The summed E-state index contributed by atoms with van der Waals surface area (Å²) in [6.07, 6.45) is 1.26. The minimum absolute atomic E-state index is 0.0281. The molecule has 1 aromatic carbocycles. The minimum atomic E-state index is -0.469. The van der Waals surface area contributed by atoms with E-state index in [-0.39, 0.29) is 11.6 Å². The molecule has 1 fully saturated rings. The van der Waals surface area contributed by atoms with E-state index in [1.165, 1.54) is 12.3 Å². The first-order chi connectivity index (χ1) is 12.5. The fourth-order valence-electron chi connectivity index (χ4n) is 2.95. The van der Waals surface area contributed by atoms with Crippen LogP contribution in [0, 0.1) is 17.0 Å². The zero-order valence-electron chi connectivity index (χ0n) is 14.7. The van der Waals surface area contributed by atoms with Crippen LogP contribution in [0.5, 0.6) is 5.75 Å². The maximum Gasteiger partial charge on any atom is 0.287 e. The van der Waals surface area contributed by atoms with Crippen molar-refractivity contribution >= 4 is 17.4 Å². The van der Waals surface area contributed by atoms with E-state index >= 15 is 0 Å². The largest absolute Gasteiger partial charge is 0.496 e. The summed E-state index contributed by atoms with van der Waals surface area (Å²) in [5.74, 6) is 1.35. The highest BCUT2D eigenvalue weighted by atomic mass is 16.6. The number of pyridine rings is 1. The van der Waals surface area contributed by atoms with Crippen LogP contribution in [0.25, 0.3) is 0 Å². The maximum absolute atomic E-state index is 12.7. The quantitative estimate of drug-likeness (QED) is 0.617. The first-order valence-corrected chi connectivity index (χ1v) is 8.29. The second-order valence-electron chi connectivity index (χ2n) is 6.10. The number of piperazine rings is 1. The number of rotatable bonds is 4. The van der Waals surface area contributed by atoms with E-state index in [9.17, 15) is 14.9 Å². The van der Waals surface area contributed by atoms with Gasteiger partial charge in [-0.1, -0.05) is 6.07 Å². The summed E-state index contributed by atoms with van der Waals surface area (Å²) in [6, 6.07) is 8.54. The summed E-state index contributed by atoms with van der Waals surface area (Å²) in [4.78, 5) is 30.9. The molecule has 1 saturated heterocycles. The van der Waals surface area contributed by atoms with Gasteiger partial charge in [-0.15, -0.1) is 0 Å². The van der Waals surface area contributed by atoms with E-state index in [0.29, 0.717) is 43.3 Å². The molecule has 8 heteroatoms. The summed E-state index contributed by atoms with van der Waals surface area (Å²) in [5, 5.41) is 10.7. The fourth-order valence-corrected chi connectivity index (χ4v) is 2.95. The van der Waals surface area contributed by atoms with Crippen molar-refractivity contribution in [3.8, 4) is 5.75 Å². The molecule has 0 atom stereocenters. The van der Waals surface area contributed by atoms with Gasteiger partial charge in [0.15, 0.2) is 0 Å². The number of nitro groups is 1. The number of aromatic nitrogens is 1. The maximum atomic E-state index is 12.7. The Labute approximate surface area is 151 Å². The lowest BCUT2D eigenvalue weighted by atomic mass is 10.1. The van der Waals surface area contributed by atoms with E-state index in [1.807, 2.05) is 24.0 Å². The normalized spacial score (nSPS) is 14.2. The second kappa shape index (κ2) is 7.38. The lowest BCUT2D eigenvalue weighted by Gasteiger charge is -2.35. The van der Waals surface area contributed by atoms with E-state index in [4.69, 9.17) is 4.74 Å². The summed E-state index contributed by atoms with van der Waals surface area (Å²) >= 11 is 0. The molecule has 8 nitrogen and oxygen atoms in total. The van der Waals surface area contributed by atoms with Gasteiger partial charge in [0.05, 0.1) is 12.0 Å². The molecule has 0 bridgehead atoms. The third-order valence-electron chi connectivity index (χ3n) is 4.49. The molecule has 1 aromatic heterocycles. The van der Waals surface area contributed by atoms with Gasteiger partial charge < -0.3 is 14.5 Å². The molecule has 0 spiro atoms. The number of aryl methyl sites for hydroxylation is 1. The Hall–Kier alpha value is -3.16. The van der Waals surface area contributed by atoms with Crippen molar-refractivity contribution in [3.63, 3.8) is 0 Å². The van der Waals surface area contributed by atoms with Crippen LogP contribution in [0.15, 0.2) is 36.5 Å². The van der Waals surface area contributed by atoms with Crippen molar-refractivity contribution in [1.29, 1.82) is 0 Å². The number of carbonyl (C=O) groups excluding carboxylic acids is 1. The fraction of sp³-hybridized carbons (Fsp3) is 0.333. The van der Waals surface area contributed by atoms with Crippen LogP contribution in [0.1, 0.15) is 15.9 Å². The van der Waals surface area contributed by atoms with Crippen LogP contribution in [0.3, 0.4) is 0 Å². The Morgan fingerprint density at radius 3 is 2.50 bits per heavy atom. The lowest BCUT2D eigenvalue weighted by Crippen LogP contribution is -2.49. The highest BCUT2D eigenvalue weighted by Crippen LogP contribution is 2.22. The zero-order chi connectivity index (χ0) is 18.7. The summed E-state index contributed by atoms with van der Waals surface area (Å²) in [5.41, 5.74) is 1.56. The summed E-state index contributed by atoms with van der Waals surface area (Å²) in [7, 11) is 1.59. The number of ether oxygens (including phenoxy) is 1. The van der Waals surface area contributed by atoms with Crippen molar-refractivity contribution < 1.29 is 14.5 Å². The van der Waals surface area contributed by atoms with Crippen molar-refractivity contribution in [1.82, 2.24) is 9.88 Å². The first-order valence-electron chi connectivity index (χ1n) is 8.29. The SMILES string of the molecule is COc1cc(C(=O)N2CCN(c3ccc([N+](=O)[O-])cn3)CC2)ccc1C. The monoisotopic (exact) mass is 356 g/mol. The van der Waals surface area contributed by atoms with Crippen LogP contribution in [0.4, 0.5) is 11.5 Å². The van der Waals surface area contributed by atoms with Crippen LogP contribution < -0.4 is 9.64 Å². The number of carbonyl (C=O) groups is 1. The molecule has 2 aromatic rings. The number of nitrogens with zero attached hydrogens (tertiary/aromatic N) is 4. The smallest absolute Gasteiger partial charge is 0.287 e. The predicted molar refractivity (Wildman–Crippen MR) is 96.7 cm³/mol. The van der Waals surface area contributed by atoms with Crippen molar-refractivity contribution in [3.05, 3.63) is 57.8 Å². The lowest BCUT2D eigenvalue weighted by molar-refractivity contribution is -0.385. The number of hydrogen-bond donors (Lipinski definition) is 0. The van der Waals surface area contributed by atoms with Crippen molar-refractivity contribution in [2.24, 2.45) is 0 Å². The number of hydrogen-bond acceptors (Lipinski definition) is 6.